The summed E-state index contributed by atoms with van der Waals surface area (Å²) in [4.78, 5) is 37.2. The minimum atomic E-state index is -0.237. The molecule has 5 rings (SSSR count). The number of aromatic amines is 1. The Balaban J connectivity index is 1.21. The summed E-state index contributed by atoms with van der Waals surface area (Å²) in [5, 5.41) is 0.770. The topological polar surface area (TPSA) is 66.1 Å². The van der Waals surface area contributed by atoms with Crippen molar-refractivity contribution in [2.45, 2.75) is 56.7 Å². The van der Waals surface area contributed by atoms with E-state index >= 15 is 0 Å². The van der Waals surface area contributed by atoms with E-state index in [4.69, 9.17) is 4.98 Å². The van der Waals surface area contributed by atoms with Gasteiger partial charge in [-0.1, -0.05) is 12.1 Å². The number of thiophene rings is 1. The molecule has 8 heteroatoms. The SMILES string of the molecule is O=C(CSCc1nc2sc3c(c2c(=O)[nH]1)CCCC3)N1CCCC1Cc1cccc(F)c1. The molecule has 0 spiro atoms. The minimum absolute atomic E-state index is 0.0500. The van der Waals surface area contributed by atoms with Crippen molar-refractivity contribution >= 4 is 39.2 Å². The van der Waals surface area contributed by atoms with Crippen LogP contribution in [0.1, 0.15) is 47.5 Å². The van der Waals surface area contributed by atoms with Crippen molar-refractivity contribution in [3.63, 3.8) is 0 Å². The summed E-state index contributed by atoms with van der Waals surface area (Å²) in [5.41, 5.74) is 2.07. The van der Waals surface area contributed by atoms with Gasteiger partial charge in [-0.2, -0.15) is 0 Å². The number of aryl methyl sites for hydroxylation is 2. The molecule has 3 aromatic rings. The molecule has 5 nitrogen and oxygen atoms in total. The Hall–Kier alpha value is -2.19. The van der Waals surface area contributed by atoms with Gasteiger partial charge >= 0.3 is 0 Å². The quantitative estimate of drug-likeness (QED) is 0.576. The van der Waals surface area contributed by atoms with Crippen LogP contribution in [0.2, 0.25) is 0 Å². The van der Waals surface area contributed by atoms with E-state index in [0.717, 1.165) is 54.4 Å². The molecule has 0 saturated carbocycles. The van der Waals surface area contributed by atoms with Crippen LogP contribution in [0.25, 0.3) is 10.2 Å². The smallest absolute Gasteiger partial charge is 0.259 e. The molecule has 1 unspecified atom stereocenters. The van der Waals surface area contributed by atoms with Gasteiger partial charge in [0.05, 0.1) is 16.9 Å². The molecule has 1 N–H and O–H groups in total. The summed E-state index contributed by atoms with van der Waals surface area (Å²) in [5.74, 6) is 1.35. The number of hydrogen-bond acceptors (Lipinski definition) is 5. The number of H-pyrrole nitrogens is 1. The molecule has 3 heterocycles. The van der Waals surface area contributed by atoms with Crippen LogP contribution in [0, 0.1) is 5.82 Å². The van der Waals surface area contributed by atoms with Gasteiger partial charge in [0, 0.05) is 17.5 Å². The fourth-order valence-corrected chi connectivity index (χ4v) is 6.96. The van der Waals surface area contributed by atoms with E-state index in [9.17, 15) is 14.0 Å². The van der Waals surface area contributed by atoms with Crippen molar-refractivity contribution in [1.29, 1.82) is 0 Å². The second-order valence-corrected chi connectivity index (χ2v) is 10.7. The molecule has 2 aromatic heterocycles. The van der Waals surface area contributed by atoms with Crippen LogP contribution in [0.15, 0.2) is 29.1 Å². The zero-order chi connectivity index (χ0) is 22.1. The van der Waals surface area contributed by atoms with E-state index in [2.05, 4.69) is 4.98 Å². The highest BCUT2D eigenvalue weighted by Gasteiger charge is 2.28. The van der Waals surface area contributed by atoms with Crippen molar-refractivity contribution in [2.24, 2.45) is 0 Å². The zero-order valence-corrected chi connectivity index (χ0v) is 19.5. The van der Waals surface area contributed by atoms with E-state index in [1.165, 1.54) is 34.7 Å². The summed E-state index contributed by atoms with van der Waals surface area (Å²) in [6.45, 7) is 0.751. The third kappa shape index (κ3) is 4.48. The minimum Gasteiger partial charge on any atom is -0.339 e. The Bertz CT molecular complexity index is 1210. The van der Waals surface area contributed by atoms with Crippen molar-refractivity contribution in [3.8, 4) is 0 Å². The van der Waals surface area contributed by atoms with Gasteiger partial charge in [0.25, 0.3) is 5.56 Å². The molecular weight excluding hydrogens is 445 g/mol. The van der Waals surface area contributed by atoms with Crippen LogP contribution in [-0.2, 0) is 29.8 Å². The fraction of sp³-hybridized carbons (Fsp3) is 0.458. The second kappa shape index (κ2) is 9.35. The number of nitrogens with zero attached hydrogens (tertiary/aromatic N) is 2. The van der Waals surface area contributed by atoms with Gasteiger partial charge in [0.15, 0.2) is 0 Å². The van der Waals surface area contributed by atoms with Crippen molar-refractivity contribution in [2.75, 3.05) is 12.3 Å². The largest absolute Gasteiger partial charge is 0.339 e. The van der Waals surface area contributed by atoms with E-state index in [1.54, 1.807) is 23.5 Å². The third-order valence-electron chi connectivity index (χ3n) is 6.40. The van der Waals surface area contributed by atoms with E-state index < -0.39 is 0 Å². The fourth-order valence-electron chi connectivity index (χ4n) is 4.91. The summed E-state index contributed by atoms with van der Waals surface area (Å²) < 4.78 is 13.5. The van der Waals surface area contributed by atoms with E-state index in [1.807, 2.05) is 11.0 Å². The molecule has 0 radical (unpaired) electrons. The lowest BCUT2D eigenvalue weighted by atomic mass is 9.97. The zero-order valence-electron chi connectivity index (χ0n) is 17.9. The molecule has 32 heavy (non-hydrogen) atoms. The second-order valence-electron chi connectivity index (χ2n) is 8.61. The van der Waals surface area contributed by atoms with Gasteiger partial charge in [0.2, 0.25) is 5.91 Å². The Labute approximate surface area is 194 Å². The Morgan fingerprint density at radius 3 is 3.03 bits per heavy atom. The van der Waals surface area contributed by atoms with E-state index in [-0.39, 0.29) is 23.3 Å². The van der Waals surface area contributed by atoms with Crippen molar-refractivity contribution in [1.82, 2.24) is 14.9 Å². The van der Waals surface area contributed by atoms with Crippen LogP contribution in [0.5, 0.6) is 0 Å². The molecule has 1 fully saturated rings. The molecule has 0 bridgehead atoms. The van der Waals surface area contributed by atoms with Crippen LogP contribution < -0.4 is 5.56 Å². The standard InChI is InChI=1S/C24H26FN3O2S2/c25-16-6-3-5-15(11-16)12-17-7-4-10-28(17)21(29)14-31-13-20-26-23(30)22-18-8-1-2-9-19(18)32-24(22)27-20/h3,5-6,11,17H,1-2,4,7-10,12-14H2,(H,26,27,30). The normalized spacial score (nSPS) is 18.3. The average Bonchev–Trinajstić information content (AvgIpc) is 3.38. The maximum Gasteiger partial charge on any atom is 0.259 e. The lowest BCUT2D eigenvalue weighted by Crippen LogP contribution is -2.38. The number of fused-ring (bicyclic) bond motifs is 3. The lowest BCUT2D eigenvalue weighted by Gasteiger charge is -2.25. The Morgan fingerprint density at radius 1 is 1.28 bits per heavy atom. The summed E-state index contributed by atoms with van der Waals surface area (Å²) in [6.07, 6.45) is 6.93. The third-order valence-corrected chi connectivity index (χ3v) is 8.51. The Kier molecular flexibility index (Phi) is 6.33. The maximum atomic E-state index is 13.5. The van der Waals surface area contributed by atoms with Crippen LogP contribution in [0.4, 0.5) is 4.39 Å². The van der Waals surface area contributed by atoms with Crippen LogP contribution in [0.3, 0.4) is 0 Å². The van der Waals surface area contributed by atoms with Crippen molar-refractivity contribution in [3.05, 3.63) is 62.3 Å². The predicted octanol–water partition coefficient (Wildman–Crippen LogP) is 4.47. The number of halogens is 1. The van der Waals surface area contributed by atoms with Gasteiger partial charge in [-0.3, -0.25) is 9.59 Å². The number of likely N-dealkylation sites (tertiary alicyclic amines) is 1. The Morgan fingerprint density at radius 2 is 2.16 bits per heavy atom. The van der Waals surface area contributed by atoms with Gasteiger partial charge in [-0.05, 0) is 68.2 Å². The molecular formula is C24H26FN3O2S2. The molecule has 1 aromatic carbocycles. The number of thioether (sulfide) groups is 1. The summed E-state index contributed by atoms with van der Waals surface area (Å²) >= 11 is 3.13. The van der Waals surface area contributed by atoms with E-state index in [0.29, 0.717) is 23.8 Å². The number of rotatable bonds is 6. The molecule has 1 atom stereocenters. The molecule has 1 aliphatic heterocycles. The number of amides is 1. The lowest BCUT2D eigenvalue weighted by molar-refractivity contribution is -0.129. The highest BCUT2D eigenvalue weighted by Crippen LogP contribution is 2.33. The summed E-state index contributed by atoms with van der Waals surface area (Å²) in [7, 11) is 0. The molecule has 168 valence electrons. The molecule has 1 saturated heterocycles. The van der Waals surface area contributed by atoms with Crippen molar-refractivity contribution < 1.29 is 9.18 Å². The first-order valence-corrected chi connectivity index (χ1v) is 13.2. The molecule has 2 aliphatic rings. The monoisotopic (exact) mass is 471 g/mol. The molecule has 1 aliphatic carbocycles. The first kappa shape index (κ1) is 21.6. The van der Waals surface area contributed by atoms with Crippen LogP contribution in [-0.4, -0.2) is 39.1 Å². The first-order valence-electron chi connectivity index (χ1n) is 11.2. The van der Waals surface area contributed by atoms with Gasteiger partial charge in [-0.15, -0.1) is 23.1 Å². The van der Waals surface area contributed by atoms with Crippen LogP contribution >= 0.6 is 23.1 Å². The van der Waals surface area contributed by atoms with Gasteiger partial charge < -0.3 is 9.88 Å². The number of carbonyl (C=O) groups is 1. The number of nitrogens with one attached hydrogen (secondary N) is 1. The highest BCUT2D eigenvalue weighted by atomic mass is 32.2. The summed E-state index contributed by atoms with van der Waals surface area (Å²) in [6, 6.07) is 6.75. The first-order chi connectivity index (χ1) is 15.6. The van der Waals surface area contributed by atoms with Gasteiger partial charge in [-0.25, -0.2) is 9.37 Å². The number of aromatic nitrogens is 2. The number of hydrogen-bond donors (Lipinski definition) is 1. The average molecular weight is 472 g/mol. The maximum absolute atomic E-state index is 13.5. The molecule has 1 amide bonds. The van der Waals surface area contributed by atoms with Gasteiger partial charge in [0.1, 0.15) is 16.5 Å². The predicted molar refractivity (Wildman–Crippen MR) is 128 cm³/mol. The number of benzene rings is 1. The number of carbonyl (C=O) groups excluding carboxylic acids is 1. The highest BCUT2D eigenvalue weighted by molar-refractivity contribution is 7.99.